The molecule has 8 atom stereocenters. The zero-order chi connectivity index (χ0) is 105. The number of carbonyl (C=O) groups excluding carboxylic acids is 6. The van der Waals surface area contributed by atoms with Gasteiger partial charge in [0.15, 0.2) is 0 Å². The lowest BCUT2D eigenvalue weighted by molar-refractivity contribution is -0.424. The van der Waals surface area contributed by atoms with Crippen LogP contribution in [0.15, 0.2) is 121 Å². The summed E-state index contributed by atoms with van der Waals surface area (Å²) in [6.07, 6.45) is -51.0. The minimum atomic E-state index is -6.11. The number of rotatable bonds is 28. The Bertz CT molecular complexity index is 4830. The van der Waals surface area contributed by atoms with Gasteiger partial charge in [-0.1, -0.05) is 115 Å². The van der Waals surface area contributed by atoms with Crippen LogP contribution in [0.2, 0.25) is 0 Å². The van der Waals surface area contributed by atoms with Crippen molar-refractivity contribution >= 4 is 57.4 Å². The molecule has 0 aromatic heterocycles. The van der Waals surface area contributed by atoms with Gasteiger partial charge in [-0.05, 0) is 205 Å². The maximum atomic E-state index is 13.7. The highest BCUT2D eigenvalue weighted by molar-refractivity contribution is 5.93. The lowest BCUT2D eigenvalue weighted by Crippen LogP contribution is -2.71. The van der Waals surface area contributed by atoms with Gasteiger partial charge < -0.3 is 67.8 Å². The Balaban J connectivity index is 0.000000279. The van der Waals surface area contributed by atoms with E-state index in [2.05, 4.69) is 26.3 Å². The Hall–Kier alpha value is -8.82. The Morgan fingerprint density at radius 1 is 0.397 bits per heavy atom. The molecule has 0 spiro atoms. The first-order valence-electron chi connectivity index (χ1n) is 42.4. The average Bonchev–Trinajstić information content (AvgIpc) is 0.769. The lowest BCUT2D eigenvalue weighted by Gasteiger charge is -2.52. The van der Waals surface area contributed by atoms with Crippen molar-refractivity contribution in [1.29, 1.82) is 0 Å². The van der Waals surface area contributed by atoms with Crippen LogP contribution in [0.3, 0.4) is 0 Å². The number of fused-ring (bicyclic) bond motifs is 6. The quantitative estimate of drug-likeness (QED) is 0.0135. The molecule has 2 saturated heterocycles. The molecule has 2 aliphatic heterocycles. The summed E-state index contributed by atoms with van der Waals surface area (Å²) in [5.41, 5.74) is -38.6. The Labute approximate surface area is 767 Å². The molecule has 3 saturated carbocycles. The van der Waals surface area contributed by atoms with Crippen molar-refractivity contribution < 1.29 is 202 Å². The summed E-state index contributed by atoms with van der Waals surface area (Å²) in [6, 6.07) is 18.7. The molecule has 4 aromatic rings. The molecule has 2 heterocycles. The van der Waals surface area contributed by atoms with Gasteiger partial charge in [0.05, 0.1) is 34.2 Å². The van der Waals surface area contributed by atoms with E-state index in [0.29, 0.717) is 101 Å². The van der Waals surface area contributed by atoms with E-state index in [1.165, 1.54) is 79.7 Å². The highest BCUT2D eigenvalue weighted by atomic mass is 19.4. The largest absolute Gasteiger partial charge is 0.458 e. The van der Waals surface area contributed by atoms with Gasteiger partial charge in [-0.15, -0.1) is 0 Å². The molecule has 4 aromatic carbocycles. The number of carbonyl (C=O) groups is 6. The zero-order valence-electron chi connectivity index (χ0n) is 77.3. The SMILES string of the molecule is C=C(C)C(=O)OC1CC(C(C)(C)OC(C)(C)C(O)(C(F)(F)F)C(F)(F)F)C2CC1OC2=O.C=C(C)C(=O)OC1CC(C(CC)(CC)OC(C)(C)C(O)(C(F)(F)F)C(F)(F)F)C2CC1OC2=O.C=C(C)C(=O)Oc1ccc2c(C(CC)(CC)OC(C)(C)C(O)(C(F)(F)F)C(F)(F)F)cccc2c1.C=C(C)C(=O)Oc1ccc2c(C3(OC(C)(C)C(O)(C(F)(F)F)C(F)(F)F)CCCC3)cccc2c1. The summed E-state index contributed by atoms with van der Waals surface area (Å²) in [7, 11) is 0. The second-order valence-electron chi connectivity index (χ2n) is 37.0. The van der Waals surface area contributed by atoms with Gasteiger partial charge in [0.1, 0.15) is 58.3 Å². The minimum Gasteiger partial charge on any atom is -0.458 e. The van der Waals surface area contributed by atoms with E-state index in [0.717, 1.165) is 0 Å². The highest BCUT2D eigenvalue weighted by Crippen LogP contribution is 2.61. The molecule has 766 valence electrons. The van der Waals surface area contributed by atoms with Gasteiger partial charge in [0.2, 0.25) is 0 Å². The maximum Gasteiger partial charge on any atom is 0.429 e. The Morgan fingerprint density at radius 3 is 1.06 bits per heavy atom. The molecular formula is C92H110F24O20. The van der Waals surface area contributed by atoms with Gasteiger partial charge in [-0.3, -0.25) is 9.59 Å². The van der Waals surface area contributed by atoms with Crippen LogP contribution in [0, 0.1) is 23.7 Å². The molecule has 0 radical (unpaired) electrons. The monoisotopic (exact) mass is 1990 g/mol. The number of alkyl halides is 24. The summed E-state index contributed by atoms with van der Waals surface area (Å²) in [6.45, 7) is 32.6. The van der Waals surface area contributed by atoms with Crippen LogP contribution in [0.1, 0.15) is 213 Å². The molecule has 44 heteroatoms. The number of benzene rings is 4. The van der Waals surface area contributed by atoms with E-state index in [1.807, 2.05) is 0 Å². The summed E-state index contributed by atoms with van der Waals surface area (Å²) in [5.74, 6) is -7.56. The second kappa shape index (κ2) is 39.7. The summed E-state index contributed by atoms with van der Waals surface area (Å²) in [5, 5.41) is 42.1. The summed E-state index contributed by atoms with van der Waals surface area (Å²) >= 11 is 0. The molecule has 4 bridgehead atoms. The van der Waals surface area contributed by atoms with Gasteiger partial charge in [-0.2, -0.15) is 105 Å². The maximum absolute atomic E-state index is 13.7. The van der Waals surface area contributed by atoms with E-state index >= 15 is 0 Å². The van der Waals surface area contributed by atoms with Crippen molar-refractivity contribution in [2.24, 2.45) is 23.7 Å². The van der Waals surface area contributed by atoms with Crippen molar-refractivity contribution in [3.8, 4) is 11.5 Å². The first kappa shape index (κ1) is 116. The fourth-order valence-corrected chi connectivity index (χ4v) is 18.5. The Morgan fingerprint density at radius 2 is 0.713 bits per heavy atom. The number of halogens is 24. The van der Waals surface area contributed by atoms with Crippen LogP contribution >= 0.6 is 0 Å². The van der Waals surface area contributed by atoms with Crippen LogP contribution in [0.5, 0.6) is 11.5 Å². The Kier molecular flexibility index (Phi) is 33.8. The van der Waals surface area contributed by atoms with Crippen LogP contribution in [-0.2, 0) is 77.9 Å². The molecule has 8 unspecified atom stereocenters. The lowest BCUT2D eigenvalue weighted by atomic mass is 9.67. The minimum absolute atomic E-state index is 0.00420. The molecule has 5 aliphatic rings. The molecule has 20 nitrogen and oxygen atoms in total. The fraction of sp³-hybridized carbons (Fsp3) is 0.630. The second-order valence-corrected chi connectivity index (χ2v) is 37.0. The van der Waals surface area contributed by atoms with Crippen LogP contribution in [-0.4, -0.2) is 186 Å². The van der Waals surface area contributed by atoms with E-state index in [-0.39, 0.29) is 98.0 Å². The zero-order valence-corrected chi connectivity index (χ0v) is 77.3. The molecule has 0 amide bonds. The van der Waals surface area contributed by atoms with Gasteiger partial charge in [0.25, 0.3) is 22.4 Å². The third kappa shape index (κ3) is 22.3. The first-order chi connectivity index (χ1) is 61.2. The van der Waals surface area contributed by atoms with Gasteiger partial charge in [0, 0.05) is 47.0 Å². The number of esters is 6. The fourth-order valence-electron chi connectivity index (χ4n) is 18.5. The number of aliphatic hydroxyl groups is 4. The standard InChI is InChI=1S/C25H26F6O4.C25H28F6O4.C22H30F6O6.C20H26F6O6/c1-15(2)20(32)34-17-10-11-18-16(14-17)8-7-9-19(18)22(12-5-6-13-22)35-21(3,4)23(33,24(26,27)28)25(29,30)31;1-7-22(8-2,35-21(5,6)23(33,24(26,27)28)25(29,30)31)19-11-9-10-16-14-17(12-13-18(16)19)34-20(32)15(3)4;1-7-19(8-2,34-18(5,6)20(31,21(23,24)25)22(26,27)28)13-10-15(32-16(29)11(3)4)14-9-12(13)17(30)33-14;1-9(2)14(27)30-13-8-11(10-7-12(13)31-15(10)28)16(3,4)32-17(5,6)18(29,19(21,22)23)20(24,25)26/h7-11,14,33H,1,5-6,12-13H2,2-4H3;9-14,33H,3,7-8H2,1-2,4-6H3;12-15,31H,3,7-10H2,1-2,4-6H3;10-13,29H,1,7-8H2,2-6H3. The van der Waals surface area contributed by atoms with Gasteiger partial charge in [-0.25, -0.2) is 19.2 Å². The van der Waals surface area contributed by atoms with Crippen molar-refractivity contribution in [3.63, 3.8) is 0 Å². The van der Waals surface area contributed by atoms with Crippen LogP contribution < -0.4 is 9.47 Å². The van der Waals surface area contributed by atoms with Crippen molar-refractivity contribution in [3.05, 3.63) is 133 Å². The van der Waals surface area contributed by atoms with E-state index in [4.69, 9.17) is 47.4 Å². The van der Waals surface area contributed by atoms with Crippen LogP contribution in [0.25, 0.3) is 21.5 Å². The molecular weight excluding hydrogens is 1880 g/mol. The first-order valence-corrected chi connectivity index (χ1v) is 42.4. The van der Waals surface area contributed by atoms with Crippen molar-refractivity contribution in [2.75, 3.05) is 0 Å². The number of hydrogen-bond acceptors (Lipinski definition) is 20. The summed E-state index contributed by atoms with van der Waals surface area (Å²) in [4.78, 5) is 72.5. The predicted molar refractivity (Wildman–Crippen MR) is 439 cm³/mol. The predicted octanol–water partition coefficient (Wildman–Crippen LogP) is 22.2. The number of ether oxygens (including phenoxy) is 10. The van der Waals surface area contributed by atoms with Crippen LogP contribution in [0.4, 0.5) is 105 Å². The molecule has 136 heavy (non-hydrogen) atoms. The molecule has 5 fully saturated rings. The van der Waals surface area contributed by atoms with E-state index < -0.39 is 201 Å². The molecule has 3 aliphatic carbocycles. The topological polar surface area (TPSA) is 276 Å². The number of hydrogen-bond donors (Lipinski definition) is 4. The third-order valence-corrected chi connectivity index (χ3v) is 25.9. The molecule has 9 rings (SSSR count). The van der Waals surface area contributed by atoms with E-state index in [9.17, 15) is 155 Å². The van der Waals surface area contributed by atoms with E-state index in [1.54, 1.807) is 62.4 Å². The van der Waals surface area contributed by atoms with Crippen molar-refractivity contribution in [1.82, 2.24) is 0 Å². The smallest absolute Gasteiger partial charge is 0.429 e. The third-order valence-electron chi connectivity index (χ3n) is 25.9. The highest BCUT2D eigenvalue weighted by Gasteiger charge is 2.83. The van der Waals surface area contributed by atoms with Crippen molar-refractivity contribution in [2.45, 2.75) is 343 Å². The summed E-state index contributed by atoms with van der Waals surface area (Å²) < 4.78 is 380. The average molecular weight is 1990 g/mol. The molecule has 4 N–H and O–H groups in total. The normalized spacial score (nSPS) is 20.9. The van der Waals surface area contributed by atoms with Gasteiger partial charge >= 0.3 is 85.2 Å².